The normalized spacial score (nSPS) is 22.1. The summed E-state index contributed by atoms with van der Waals surface area (Å²) in [4.78, 5) is 10.1. The van der Waals surface area contributed by atoms with Crippen molar-refractivity contribution in [3.63, 3.8) is 0 Å². The molecule has 0 saturated heterocycles. The molecule has 0 aromatic rings. The maximum absolute atomic E-state index is 10.1. The first-order chi connectivity index (χ1) is 5.83. The number of carbonyl (C=O) groups excluding carboxylic acids is 1. The lowest BCUT2D eigenvalue weighted by Gasteiger charge is -2.21. The zero-order valence-corrected chi connectivity index (χ0v) is 7.59. The van der Waals surface area contributed by atoms with Gasteiger partial charge in [-0.2, -0.15) is 0 Å². The summed E-state index contributed by atoms with van der Waals surface area (Å²) >= 11 is 0. The molecule has 2 heteroatoms. The SMILES string of the molecule is NC([C]=O)CCC1CCCCC1. The lowest BCUT2D eigenvalue weighted by atomic mass is 9.85. The Bertz CT molecular complexity index is 130. The van der Waals surface area contributed by atoms with Crippen LogP contribution in [-0.4, -0.2) is 12.3 Å². The van der Waals surface area contributed by atoms with Crippen molar-refractivity contribution < 1.29 is 4.79 Å². The maximum Gasteiger partial charge on any atom is 0.216 e. The molecule has 1 aliphatic carbocycles. The molecule has 1 fully saturated rings. The van der Waals surface area contributed by atoms with Crippen LogP contribution in [0.4, 0.5) is 0 Å². The quantitative estimate of drug-likeness (QED) is 0.695. The average Bonchev–Trinajstić information content (AvgIpc) is 2.16. The van der Waals surface area contributed by atoms with Crippen LogP contribution >= 0.6 is 0 Å². The van der Waals surface area contributed by atoms with Crippen molar-refractivity contribution in [1.82, 2.24) is 0 Å². The van der Waals surface area contributed by atoms with Crippen LogP contribution in [-0.2, 0) is 4.79 Å². The third-order valence-electron chi connectivity index (χ3n) is 2.76. The second-order valence-electron chi connectivity index (χ2n) is 3.81. The van der Waals surface area contributed by atoms with Crippen LogP contribution in [0, 0.1) is 5.92 Å². The molecule has 0 aromatic heterocycles. The molecule has 0 aromatic carbocycles. The monoisotopic (exact) mass is 168 g/mol. The lowest BCUT2D eigenvalue weighted by Crippen LogP contribution is -2.22. The Balaban J connectivity index is 2.08. The predicted molar refractivity (Wildman–Crippen MR) is 49.5 cm³/mol. The Morgan fingerprint density at radius 1 is 1.33 bits per heavy atom. The molecule has 1 unspecified atom stereocenters. The van der Waals surface area contributed by atoms with Gasteiger partial charge in [-0.3, -0.25) is 4.79 Å². The molecule has 2 nitrogen and oxygen atoms in total. The van der Waals surface area contributed by atoms with Crippen LogP contribution in [0.2, 0.25) is 0 Å². The fourth-order valence-corrected chi connectivity index (χ4v) is 1.95. The van der Waals surface area contributed by atoms with Crippen LogP contribution < -0.4 is 5.73 Å². The van der Waals surface area contributed by atoms with Crippen molar-refractivity contribution in [3.8, 4) is 0 Å². The molecule has 0 bridgehead atoms. The van der Waals surface area contributed by atoms with E-state index in [0.29, 0.717) is 0 Å². The van der Waals surface area contributed by atoms with E-state index in [9.17, 15) is 4.79 Å². The molecule has 0 heterocycles. The first-order valence-electron chi connectivity index (χ1n) is 4.96. The van der Waals surface area contributed by atoms with Gasteiger partial charge in [-0.25, -0.2) is 0 Å². The minimum Gasteiger partial charge on any atom is -0.321 e. The Morgan fingerprint density at radius 2 is 2.00 bits per heavy atom. The van der Waals surface area contributed by atoms with Crippen LogP contribution in [0.25, 0.3) is 0 Å². The van der Waals surface area contributed by atoms with Gasteiger partial charge in [0.25, 0.3) is 0 Å². The number of hydrogen-bond donors (Lipinski definition) is 1. The molecule has 1 saturated carbocycles. The molecule has 1 radical (unpaired) electrons. The predicted octanol–water partition coefficient (Wildman–Crippen LogP) is 1.78. The van der Waals surface area contributed by atoms with E-state index in [1.807, 2.05) is 6.29 Å². The first-order valence-corrected chi connectivity index (χ1v) is 4.96. The largest absolute Gasteiger partial charge is 0.321 e. The fourth-order valence-electron chi connectivity index (χ4n) is 1.95. The molecule has 0 spiro atoms. The van der Waals surface area contributed by atoms with Crippen molar-refractivity contribution in [2.45, 2.75) is 51.0 Å². The van der Waals surface area contributed by atoms with Crippen LogP contribution in [0.1, 0.15) is 44.9 Å². The Morgan fingerprint density at radius 3 is 2.58 bits per heavy atom. The van der Waals surface area contributed by atoms with Gasteiger partial charge in [-0.15, -0.1) is 0 Å². The summed E-state index contributed by atoms with van der Waals surface area (Å²) in [5.41, 5.74) is 5.47. The standard InChI is InChI=1S/C10H18NO/c11-10(8-12)7-6-9-4-2-1-3-5-9/h9-10H,1-7,11H2. The summed E-state index contributed by atoms with van der Waals surface area (Å²) < 4.78 is 0. The lowest BCUT2D eigenvalue weighted by molar-refractivity contribution is 0.329. The average molecular weight is 168 g/mol. The summed E-state index contributed by atoms with van der Waals surface area (Å²) in [6.07, 6.45) is 10.6. The summed E-state index contributed by atoms with van der Waals surface area (Å²) in [6.45, 7) is 0. The van der Waals surface area contributed by atoms with Gasteiger partial charge >= 0.3 is 0 Å². The zero-order valence-electron chi connectivity index (χ0n) is 7.59. The molecular formula is C10H18NO. The van der Waals surface area contributed by atoms with E-state index in [-0.39, 0.29) is 6.04 Å². The van der Waals surface area contributed by atoms with E-state index in [2.05, 4.69) is 0 Å². The van der Waals surface area contributed by atoms with Gasteiger partial charge in [-0.1, -0.05) is 32.1 Å². The highest BCUT2D eigenvalue weighted by Crippen LogP contribution is 2.27. The second kappa shape index (κ2) is 5.31. The molecule has 0 aliphatic heterocycles. The maximum atomic E-state index is 10.1. The van der Waals surface area contributed by atoms with E-state index in [1.165, 1.54) is 32.1 Å². The van der Waals surface area contributed by atoms with Crippen molar-refractivity contribution >= 4 is 6.29 Å². The van der Waals surface area contributed by atoms with Gasteiger partial charge < -0.3 is 5.73 Å². The third kappa shape index (κ3) is 3.35. The van der Waals surface area contributed by atoms with E-state index in [4.69, 9.17) is 5.73 Å². The van der Waals surface area contributed by atoms with E-state index < -0.39 is 0 Å². The number of hydrogen-bond acceptors (Lipinski definition) is 2. The van der Waals surface area contributed by atoms with Crippen molar-refractivity contribution in [1.29, 1.82) is 0 Å². The topological polar surface area (TPSA) is 43.1 Å². The summed E-state index contributed by atoms with van der Waals surface area (Å²) in [5, 5.41) is 0. The van der Waals surface area contributed by atoms with E-state index >= 15 is 0 Å². The Labute approximate surface area is 74.5 Å². The minimum absolute atomic E-state index is 0.341. The molecule has 12 heavy (non-hydrogen) atoms. The van der Waals surface area contributed by atoms with Gasteiger partial charge in [0.15, 0.2) is 0 Å². The van der Waals surface area contributed by atoms with Crippen molar-refractivity contribution in [3.05, 3.63) is 0 Å². The van der Waals surface area contributed by atoms with Gasteiger partial charge in [0.1, 0.15) is 0 Å². The molecule has 0 amide bonds. The van der Waals surface area contributed by atoms with Gasteiger partial charge in [0.05, 0.1) is 6.04 Å². The van der Waals surface area contributed by atoms with Gasteiger partial charge in [0.2, 0.25) is 6.29 Å². The van der Waals surface area contributed by atoms with Gasteiger partial charge in [-0.05, 0) is 18.8 Å². The van der Waals surface area contributed by atoms with Crippen molar-refractivity contribution in [2.24, 2.45) is 11.7 Å². The molecular weight excluding hydrogens is 150 g/mol. The van der Waals surface area contributed by atoms with Crippen molar-refractivity contribution in [2.75, 3.05) is 0 Å². The summed E-state index contributed by atoms with van der Waals surface area (Å²) in [6, 6.07) is -0.341. The summed E-state index contributed by atoms with van der Waals surface area (Å²) in [7, 11) is 0. The zero-order chi connectivity index (χ0) is 8.81. The number of nitrogens with two attached hydrogens (primary N) is 1. The highest BCUT2D eigenvalue weighted by Gasteiger charge is 2.14. The molecule has 1 aliphatic rings. The smallest absolute Gasteiger partial charge is 0.216 e. The number of rotatable bonds is 4. The second-order valence-corrected chi connectivity index (χ2v) is 3.81. The molecule has 1 rings (SSSR count). The molecule has 1 atom stereocenters. The van der Waals surface area contributed by atoms with Crippen LogP contribution in [0.3, 0.4) is 0 Å². The molecule has 2 N–H and O–H groups in total. The van der Waals surface area contributed by atoms with Crippen LogP contribution in [0.15, 0.2) is 0 Å². The fraction of sp³-hybridized carbons (Fsp3) is 0.900. The Hall–Kier alpha value is -0.370. The van der Waals surface area contributed by atoms with E-state index in [0.717, 1.165) is 18.8 Å². The third-order valence-corrected chi connectivity index (χ3v) is 2.76. The van der Waals surface area contributed by atoms with E-state index in [1.54, 1.807) is 0 Å². The highest BCUT2D eigenvalue weighted by molar-refractivity contribution is 5.57. The Kier molecular flexibility index (Phi) is 4.30. The summed E-state index contributed by atoms with van der Waals surface area (Å²) in [5.74, 6) is 0.832. The highest BCUT2D eigenvalue weighted by atomic mass is 16.1. The van der Waals surface area contributed by atoms with Gasteiger partial charge in [0, 0.05) is 0 Å². The molecule has 69 valence electrons. The minimum atomic E-state index is -0.341. The van der Waals surface area contributed by atoms with Crippen LogP contribution in [0.5, 0.6) is 0 Å². The first kappa shape index (κ1) is 9.72.